The first-order chi connectivity index (χ1) is 8.19. The molecule has 3 N–H and O–H groups in total. The van der Waals surface area contributed by atoms with Crippen LogP contribution in [0.15, 0.2) is 24.3 Å². The van der Waals surface area contributed by atoms with Crippen LogP contribution < -0.4 is 5.73 Å². The monoisotopic (exact) mass is 232 g/mol. The summed E-state index contributed by atoms with van der Waals surface area (Å²) in [7, 11) is 0. The number of hydrogen-bond donors (Lipinski definition) is 2. The standard InChI is InChI=1S/C14H20N2O/c15-14(17)12-7-3-2-6-11(12)10-13(14)16-8-4-1-5-9-16/h2-3,6-7,13,17H,1,4-5,8-10,15H2. The maximum atomic E-state index is 10.6. The minimum absolute atomic E-state index is 0.0557. The summed E-state index contributed by atoms with van der Waals surface area (Å²) in [4.78, 5) is 2.36. The Bertz CT molecular complexity index is 410. The summed E-state index contributed by atoms with van der Waals surface area (Å²) < 4.78 is 0. The lowest BCUT2D eigenvalue weighted by molar-refractivity contribution is -0.0423. The molecule has 0 radical (unpaired) electrons. The van der Waals surface area contributed by atoms with Crippen molar-refractivity contribution in [1.29, 1.82) is 0 Å². The fourth-order valence-electron chi connectivity index (χ4n) is 3.27. The van der Waals surface area contributed by atoms with Gasteiger partial charge in [0.15, 0.2) is 5.72 Å². The Hall–Kier alpha value is -0.900. The van der Waals surface area contributed by atoms with Gasteiger partial charge in [-0.05, 0) is 37.9 Å². The Kier molecular flexibility index (Phi) is 2.69. The van der Waals surface area contributed by atoms with Gasteiger partial charge in [0.05, 0.1) is 6.04 Å². The van der Waals surface area contributed by atoms with E-state index >= 15 is 0 Å². The zero-order valence-electron chi connectivity index (χ0n) is 10.1. The minimum atomic E-state index is -1.17. The van der Waals surface area contributed by atoms with Crippen LogP contribution in [0.3, 0.4) is 0 Å². The van der Waals surface area contributed by atoms with Crippen molar-refractivity contribution in [3.8, 4) is 0 Å². The Labute approximate surface area is 102 Å². The van der Waals surface area contributed by atoms with Crippen LogP contribution in [0.1, 0.15) is 30.4 Å². The maximum Gasteiger partial charge on any atom is 0.155 e. The number of hydrogen-bond acceptors (Lipinski definition) is 3. The van der Waals surface area contributed by atoms with E-state index in [4.69, 9.17) is 5.73 Å². The molecule has 3 heteroatoms. The van der Waals surface area contributed by atoms with Crippen molar-refractivity contribution >= 4 is 0 Å². The molecule has 1 saturated heterocycles. The van der Waals surface area contributed by atoms with Crippen LogP contribution in [-0.4, -0.2) is 29.1 Å². The number of rotatable bonds is 1. The highest BCUT2D eigenvalue weighted by molar-refractivity contribution is 5.39. The molecule has 1 fully saturated rings. The molecule has 1 aromatic rings. The van der Waals surface area contributed by atoms with Crippen molar-refractivity contribution < 1.29 is 5.11 Å². The van der Waals surface area contributed by atoms with Gasteiger partial charge in [-0.15, -0.1) is 0 Å². The van der Waals surface area contributed by atoms with E-state index in [1.807, 2.05) is 18.2 Å². The van der Waals surface area contributed by atoms with Gasteiger partial charge in [0.2, 0.25) is 0 Å². The topological polar surface area (TPSA) is 49.5 Å². The zero-order valence-corrected chi connectivity index (χ0v) is 10.1. The summed E-state index contributed by atoms with van der Waals surface area (Å²) >= 11 is 0. The summed E-state index contributed by atoms with van der Waals surface area (Å²) in [6.45, 7) is 2.14. The third kappa shape index (κ3) is 1.79. The van der Waals surface area contributed by atoms with Crippen LogP contribution in [0, 0.1) is 0 Å². The predicted molar refractivity (Wildman–Crippen MR) is 67.4 cm³/mol. The Morgan fingerprint density at radius 2 is 1.88 bits per heavy atom. The van der Waals surface area contributed by atoms with Gasteiger partial charge < -0.3 is 5.11 Å². The lowest BCUT2D eigenvalue weighted by atomic mass is 10.00. The van der Waals surface area contributed by atoms with E-state index in [0.717, 1.165) is 25.1 Å². The molecule has 0 amide bonds. The highest BCUT2D eigenvalue weighted by Gasteiger charge is 2.45. The fourth-order valence-corrected chi connectivity index (χ4v) is 3.27. The molecule has 1 aliphatic heterocycles. The van der Waals surface area contributed by atoms with E-state index in [9.17, 15) is 5.11 Å². The molecule has 3 nitrogen and oxygen atoms in total. The highest BCUT2D eigenvalue weighted by atomic mass is 16.3. The number of nitrogens with two attached hydrogens (primary N) is 1. The average Bonchev–Trinajstić information content (AvgIpc) is 2.63. The molecule has 2 atom stereocenters. The first kappa shape index (κ1) is 11.2. The second-order valence-electron chi connectivity index (χ2n) is 5.30. The van der Waals surface area contributed by atoms with E-state index in [1.54, 1.807) is 0 Å². The summed E-state index contributed by atoms with van der Waals surface area (Å²) in [5.41, 5.74) is 7.12. The van der Waals surface area contributed by atoms with E-state index in [1.165, 1.54) is 24.8 Å². The van der Waals surface area contributed by atoms with E-state index in [-0.39, 0.29) is 6.04 Å². The second-order valence-corrected chi connectivity index (χ2v) is 5.30. The molecule has 1 aromatic carbocycles. The lowest BCUT2D eigenvalue weighted by Crippen LogP contribution is -2.55. The third-order valence-electron chi connectivity index (χ3n) is 4.20. The van der Waals surface area contributed by atoms with Crippen LogP contribution in [0.5, 0.6) is 0 Å². The van der Waals surface area contributed by atoms with Gasteiger partial charge >= 0.3 is 0 Å². The van der Waals surface area contributed by atoms with Crippen LogP contribution in [0.25, 0.3) is 0 Å². The number of likely N-dealkylation sites (tertiary alicyclic amines) is 1. The van der Waals surface area contributed by atoms with Crippen molar-refractivity contribution in [1.82, 2.24) is 4.90 Å². The average molecular weight is 232 g/mol. The van der Waals surface area contributed by atoms with E-state index < -0.39 is 5.72 Å². The number of aliphatic hydroxyl groups is 1. The largest absolute Gasteiger partial charge is 0.370 e. The molecule has 92 valence electrons. The first-order valence-corrected chi connectivity index (χ1v) is 6.53. The number of nitrogens with zero attached hydrogens (tertiary/aromatic N) is 1. The van der Waals surface area contributed by atoms with Gasteiger partial charge in [-0.3, -0.25) is 10.6 Å². The van der Waals surface area contributed by atoms with Gasteiger partial charge in [-0.2, -0.15) is 0 Å². The Morgan fingerprint density at radius 1 is 1.18 bits per heavy atom. The number of fused-ring (bicyclic) bond motifs is 1. The van der Waals surface area contributed by atoms with Crippen molar-refractivity contribution in [2.45, 2.75) is 37.5 Å². The molecule has 1 heterocycles. The maximum absolute atomic E-state index is 10.6. The van der Waals surface area contributed by atoms with Gasteiger partial charge in [0.1, 0.15) is 0 Å². The molecular weight excluding hydrogens is 212 g/mol. The van der Waals surface area contributed by atoms with E-state index in [2.05, 4.69) is 11.0 Å². The molecule has 1 aliphatic carbocycles. The molecule has 17 heavy (non-hydrogen) atoms. The molecule has 0 spiro atoms. The summed E-state index contributed by atoms with van der Waals surface area (Å²) in [6.07, 6.45) is 4.63. The third-order valence-corrected chi connectivity index (χ3v) is 4.20. The minimum Gasteiger partial charge on any atom is -0.370 e. The molecule has 3 rings (SSSR count). The Balaban J connectivity index is 1.89. The zero-order chi connectivity index (χ0) is 11.9. The van der Waals surface area contributed by atoms with Crippen LogP contribution in [0.4, 0.5) is 0 Å². The highest BCUT2D eigenvalue weighted by Crippen LogP contribution is 2.36. The normalized spacial score (nSPS) is 33.6. The smallest absolute Gasteiger partial charge is 0.155 e. The Morgan fingerprint density at radius 3 is 2.59 bits per heavy atom. The molecule has 0 bridgehead atoms. The summed E-state index contributed by atoms with van der Waals surface area (Å²) in [5.74, 6) is 0. The predicted octanol–water partition coefficient (Wildman–Crippen LogP) is 1.20. The second kappa shape index (κ2) is 4.09. The fraction of sp³-hybridized carbons (Fsp3) is 0.571. The van der Waals surface area contributed by atoms with Crippen LogP contribution in [-0.2, 0) is 12.1 Å². The van der Waals surface area contributed by atoms with E-state index in [0.29, 0.717) is 0 Å². The lowest BCUT2D eigenvalue weighted by Gasteiger charge is -2.38. The van der Waals surface area contributed by atoms with Crippen molar-refractivity contribution in [3.05, 3.63) is 35.4 Å². The summed E-state index contributed by atoms with van der Waals surface area (Å²) in [6, 6.07) is 8.07. The number of benzene rings is 1. The molecule has 2 unspecified atom stereocenters. The van der Waals surface area contributed by atoms with Crippen LogP contribution >= 0.6 is 0 Å². The molecule has 2 aliphatic rings. The molecular formula is C14H20N2O. The molecule has 0 saturated carbocycles. The quantitative estimate of drug-likeness (QED) is 0.715. The summed E-state index contributed by atoms with van der Waals surface area (Å²) in [5, 5.41) is 10.6. The number of piperidine rings is 1. The van der Waals surface area contributed by atoms with Crippen molar-refractivity contribution in [2.24, 2.45) is 5.73 Å². The molecule has 0 aromatic heterocycles. The van der Waals surface area contributed by atoms with Gasteiger partial charge in [0.25, 0.3) is 0 Å². The van der Waals surface area contributed by atoms with Crippen molar-refractivity contribution in [2.75, 3.05) is 13.1 Å². The van der Waals surface area contributed by atoms with Crippen LogP contribution in [0.2, 0.25) is 0 Å². The van der Waals surface area contributed by atoms with Gasteiger partial charge in [-0.1, -0.05) is 30.7 Å². The van der Waals surface area contributed by atoms with Gasteiger partial charge in [0, 0.05) is 5.56 Å². The first-order valence-electron chi connectivity index (χ1n) is 6.53. The SMILES string of the molecule is NC1(O)c2ccccc2CC1N1CCCCC1. The van der Waals surface area contributed by atoms with Gasteiger partial charge in [-0.25, -0.2) is 0 Å². The van der Waals surface area contributed by atoms with Crippen molar-refractivity contribution in [3.63, 3.8) is 0 Å².